The van der Waals surface area contributed by atoms with Crippen LogP contribution >= 0.6 is 0 Å². The van der Waals surface area contributed by atoms with Gasteiger partial charge in [-0.15, -0.1) is 0 Å². The first-order chi connectivity index (χ1) is 8.19. The lowest BCUT2D eigenvalue weighted by Crippen LogP contribution is -2.36. The molecule has 0 unspecified atom stereocenters. The number of anilines is 2. The minimum absolute atomic E-state index is 0.298. The summed E-state index contributed by atoms with van der Waals surface area (Å²) in [5.74, 6) is 2.32. The second-order valence-corrected chi connectivity index (χ2v) is 4.43. The van der Waals surface area contributed by atoms with E-state index in [0.29, 0.717) is 23.6 Å². The third kappa shape index (κ3) is 3.03. The molecular weight excluding hydrogens is 218 g/mol. The summed E-state index contributed by atoms with van der Waals surface area (Å²) in [5.41, 5.74) is 5.63. The number of ether oxygens (including phenoxy) is 1. The van der Waals surface area contributed by atoms with Crippen molar-refractivity contribution in [2.45, 2.75) is 19.8 Å². The van der Waals surface area contributed by atoms with Crippen LogP contribution in [0.15, 0.2) is 0 Å². The molecule has 0 aliphatic carbocycles. The second-order valence-electron chi connectivity index (χ2n) is 4.43. The normalized spacial score (nSPS) is 17.4. The van der Waals surface area contributed by atoms with Crippen LogP contribution in [0.3, 0.4) is 0 Å². The average Bonchev–Trinajstić information content (AvgIpc) is 2.29. The van der Waals surface area contributed by atoms with E-state index in [-0.39, 0.29) is 0 Å². The summed E-state index contributed by atoms with van der Waals surface area (Å²) in [7, 11) is 1.75. The van der Waals surface area contributed by atoms with E-state index in [1.54, 1.807) is 7.11 Å². The molecule has 0 saturated carbocycles. The maximum atomic E-state index is 5.63. The van der Waals surface area contributed by atoms with Gasteiger partial charge in [-0.25, -0.2) is 0 Å². The summed E-state index contributed by atoms with van der Waals surface area (Å²) in [5, 5.41) is 0. The number of rotatable bonds is 3. The molecule has 2 heterocycles. The van der Waals surface area contributed by atoms with E-state index < -0.39 is 0 Å². The summed E-state index contributed by atoms with van der Waals surface area (Å²) in [6, 6.07) is 0. The van der Waals surface area contributed by atoms with Gasteiger partial charge in [0.15, 0.2) is 0 Å². The number of methoxy groups -OCH3 is 1. The Hall–Kier alpha value is -1.43. The molecule has 2 rings (SSSR count). The van der Waals surface area contributed by atoms with Crippen molar-refractivity contribution >= 4 is 11.9 Å². The number of aromatic nitrogens is 3. The Morgan fingerprint density at radius 2 is 2.00 bits per heavy atom. The van der Waals surface area contributed by atoms with Gasteiger partial charge in [-0.1, -0.05) is 0 Å². The quantitative estimate of drug-likeness (QED) is 0.830. The molecule has 1 fully saturated rings. The van der Waals surface area contributed by atoms with Crippen LogP contribution in [0.4, 0.5) is 11.9 Å². The number of hydrogen-bond donors (Lipinski definition) is 1. The van der Waals surface area contributed by atoms with Crippen molar-refractivity contribution < 1.29 is 4.74 Å². The molecule has 6 nitrogen and oxygen atoms in total. The molecule has 0 bridgehead atoms. The van der Waals surface area contributed by atoms with E-state index in [9.17, 15) is 0 Å². The van der Waals surface area contributed by atoms with Crippen LogP contribution in [-0.4, -0.2) is 41.8 Å². The molecule has 1 aliphatic heterocycles. The highest BCUT2D eigenvalue weighted by Gasteiger charge is 2.21. The zero-order chi connectivity index (χ0) is 12.3. The number of nitrogens with two attached hydrogens (primary N) is 1. The number of nitrogens with zero attached hydrogens (tertiary/aromatic N) is 4. The van der Waals surface area contributed by atoms with Crippen molar-refractivity contribution in [3.05, 3.63) is 5.82 Å². The third-order valence-electron chi connectivity index (χ3n) is 3.05. The first-order valence-corrected chi connectivity index (χ1v) is 5.91. The lowest BCUT2D eigenvalue weighted by molar-refractivity contribution is 0.139. The molecule has 1 aromatic heterocycles. The van der Waals surface area contributed by atoms with Crippen molar-refractivity contribution in [3.8, 4) is 0 Å². The monoisotopic (exact) mass is 237 g/mol. The van der Waals surface area contributed by atoms with Gasteiger partial charge in [0.25, 0.3) is 0 Å². The standard InChI is InChI=1S/C11H19N5O/c1-8-13-10(12)15-11(14-8)16-5-3-9(4-6-16)7-17-2/h9H,3-7H2,1-2H3,(H2,12,13,14,15). The Morgan fingerprint density at radius 3 is 2.59 bits per heavy atom. The molecule has 0 amide bonds. The second kappa shape index (κ2) is 5.27. The molecule has 1 aliphatic rings. The fraction of sp³-hybridized carbons (Fsp3) is 0.727. The average molecular weight is 237 g/mol. The largest absolute Gasteiger partial charge is 0.384 e. The summed E-state index contributed by atoms with van der Waals surface area (Å²) in [4.78, 5) is 14.6. The number of piperidine rings is 1. The number of nitrogen functional groups attached to an aromatic ring is 1. The van der Waals surface area contributed by atoms with E-state index >= 15 is 0 Å². The van der Waals surface area contributed by atoms with Gasteiger partial charge < -0.3 is 15.4 Å². The molecule has 0 atom stereocenters. The number of aryl methyl sites for hydroxylation is 1. The Balaban J connectivity index is 2.00. The minimum Gasteiger partial charge on any atom is -0.384 e. The topological polar surface area (TPSA) is 77.2 Å². The van der Waals surface area contributed by atoms with Crippen LogP contribution in [0.25, 0.3) is 0 Å². The summed E-state index contributed by atoms with van der Waals surface area (Å²) < 4.78 is 5.18. The van der Waals surface area contributed by atoms with E-state index in [1.165, 1.54) is 0 Å². The van der Waals surface area contributed by atoms with Gasteiger partial charge in [-0.3, -0.25) is 0 Å². The van der Waals surface area contributed by atoms with Crippen molar-refractivity contribution in [3.63, 3.8) is 0 Å². The van der Waals surface area contributed by atoms with Crippen LogP contribution in [0.2, 0.25) is 0 Å². The highest BCUT2D eigenvalue weighted by molar-refractivity contribution is 5.34. The predicted molar refractivity (Wildman–Crippen MR) is 65.8 cm³/mol. The summed E-state index contributed by atoms with van der Waals surface area (Å²) >= 11 is 0. The Bertz CT molecular complexity index is 356. The third-order valence-corrected chi connectivity index (χ3v) is 3.05. The Labute approximate surface area is 101 Å². The zero-order valence-corrected chi connectivity index (χ0v) is 10.4. The van der Waals surface area contributed by atoms with E-state index in [2.05, 4.69) is 19.9 Å². The van der Waals surface area contributed by atoms with E-state index in [4.69, 9.17) is 10.5 Å². The Kier molecular flexibility index (Phi) is 3.73. The van der Waals surface area contributed by atoms with Gasteiger partial charge in [-0.05, 0) is 25.7 Å². The molecule has 17 heavy (non-hydrogen) atoms. The maximum Gasteiger partial charge on any atom is 0.230 e. The SMILES string of the molecule is COCC1CCN(c2nc(C)nc(N)n2)CC1. The van der Waals surface area contributed by atoms with E-state index in [1.807, 2.05) is 6.92 Å². The minimum atomic E-state index is 0.298. The van der Waals surface area contributed by atoms with Gasteiger partial charge in [0, 0.05) is 26.8 Å². The van der Waals surface area contributed by atoms with Crippen molar-refractivity contribution in [1.29, 1.82) is 0 Å². The van der Waals surface area contributed by atoms with Crippen molar-refractivity contribution in [2.75, 3.05) is 37.4 Å². The highest BCUT2D eigenvalue weighted by atomic mass is 16.5. The molecular formula is C11H19N5O. The molecule has 2 N–H and O–H groups in total. The molecule has 6 heteroatoms. The fourth-order valence-electron chi connectivity index (χ4n) is 2.16. The predicted octanol–water partition coefficient (Wildman–Crippen LogP) is 0.625. The molecule has 0 aromatic carbocycles. The molecule has 94 valence electrons. The van der Waals surface area contributed by atoms with Crippen LogP contribution in [-0.2, 0) is 4.74 Å². The molecule has 1 aromatic rings. The van der Waals surface area contributed by atoms with Gasteiger partial charge in [0.2, 0.25) is 11.9 Å². The van der Waals surface area contributed by atoms with Crippen LogP contribution in [0, 0.1) is 12.8 Å². The van der Waals surface area contributed by atoms with Crippen molar-refractivity contribution in [2.24, 2.45) is 5.92 Å². The smallest absolute Gasteiger partial charge is 0.230 e. The summed E-state index contributed by atoms with van der Waals surface area (Å²) in [6.07, 6.45) is 2.22. The van der Waals surface area contributed by atoms with Gasteiger partial charge in [-0.2, -0.15) is 15.0 Å². The zero-order valence-electron chi connectivity index (χ0n) is 10.4. The van der Waals surface area contributed by atoms with Crippen molar-refractivity contribution in [1.82, 2.24) is 15.0 Å². The van der Waals surface area contributed by atoms with Crippen LogP contribution in [0.1, 0.15) is 18.7 Å². The molecule has 0 spiro atoms. The Morgan fingerprint density at radius 1 is 1.29 bits per heavy atom. The fourth-order valence-corrected chi connectivity index (χ4v) is 2.16. The van der Waals surface area contributed by atoms with Gasteiger partial charge in [0.1, 0.15) is 5.82 Å². The van der Waals surface area contributed by atoms with E-state index in [0.717, 1.165) is 32.5 Å². The summed E-state index contributed by atoms with van der Waals surface area (Å²) in [6.45, 7) is 4.58. The van der Waals surface area contributed by atoms with Gasteiger partial charge in [0.05, 0.1) is 0 Å². The molecule has 0 radical (unpaired) electrons. The van der Waals surface area contributed by atoms with Gasteiger partial charge >= 0.3 is 0 Å². The van der Waals surface area contributed by atoms with Crippen LogP contribution in [0.5, 0.6) is 0 Å². The maximum absolute atomic E-state index is 5.63. The van der Waals surface area contributed by atoms with Crippen LogP contribution < -0.4 is 10.6 Å². The molecule has 1 saturated heterocycles. The number of hydrogen-bond acceptors (Lipinski definition) is 6. The lowest BCUT2D eigenvalue weighted by Gasteiger charge is -2.31. The first kappa shape index (κ1) is 12.0. The first-order valence-electron chi connectivity index (χ1n) is 5.91. The lowest BCUT2D eigenvalue weighted by atomic mass is 9.98. The highest BCUT2D eigenvalue weighted by Crippen LogP contribution is 2.20.